The Bertz CT molecular complexity index is 1550. The van der Waals surface area contributed by atoms with Crippen LogP contribution in [0, 0.1) is 0 Å². The molecular weight excluding hydrogens is 542 g/mol. The van der Waals surface area contributed by atoms with E-state index in [1.54, 1.807) is 54.6 Å². The van der Waals surface area contributed by atoms with E-state index >= 15 is 0 Å². The van der Waals surface area contributed by atoms with Crippen LogP contribution in [0.2, 0.25) is 0 Å². The molecule has 4 aromatic rings. The molecule has 7 nitrogen and oxygen atoms in total. The highest BCUT2D eigenvalue weighted by Crippen LogP contribution is 2.36. The van der Waals surface area contributed by atoms with E-state index in [-0.39, 0.29) is 11.0 Å². The molecule has 0 unspecified atom stereocenters. The second kappa shape index (κ2) is 9.52. The summed E-state index contributed by atoms with van der Waals surface area (Å²) < 4.78 is 6.35. The van der Waals surface area contributed by atoms with Gasteiger partial charge in [0, 0.05) is 21.8 Å². The summed E-state index contributed by atoms with van der Waals surface area (Å²) in [5.74, 6) is -0.897. The van der Waals surface area contributed by atoms with Gasteiger partial charge in [0.25, 0.3) is 17.7 Å². The van der Waals surface area contributed by atoms with Gasteiger partial charge in [0.1, 0.15) is 5.75 Å². The fourth-order valence-corrected chi connectivity index (χ4v) is 4.86. The molecule has 9 heteroatoms. The van der Waals surface area contributed by atoms with Crippen molar-refractivity contribution in [3.8, 4) is 5.75 Å². The number of nitrogens with zero attached hydrogens (tertiary/aromatic N) is 1. The Morgan fingerprint density at radius 2 is 1.56 bits per heavy atom. The van der Waals surface area contributed by atoms with E-state index in [4.69, 9.17) is 17.0 Å². The van der Waals surface area contributed by atoms with Crippen LogP contribution in [-0.4, -0.2) is 29.9 Å². The van der Waals surface area contributed by atoms with Gasteiger partial charge in [0.2, 0.25) is 0 Å². The highest BCUT2D eigenvalue weighted by molar-refractivity contribution is 9.10. The topological polar surface area (TPSA) is 87.7 Å². The molecule has 5 rings (SSSR count). The lowest BCUT2D eigenvalue weighted by atomic mass is 10.0. The van der Waals surface area contributed by atoms with Crippen molar-refractivity contribution in [2.24, 2.45) is 0 Å². The van der Waals surface area contributed by atoms with Crippen molar-refractivity contribution in [1.29, 1.82) is 0 Å². The summed E-state index contributed by atoms with van der Waals surface area (Å²) in [7, 11) is 1.44. The highest BCUT2D eigenvalue weighted by atomic mass is 79.9. The summed E-state index contributed by atoms with van der Waals surface area (Å²) >= 11 is 8.86. The van der Waals surface area contributed by atoms with E-state index in [1.807, 2.05) is 24.3 Å². The number of methoxy groups -OCH3 is 1. The lowest BCUT2D eigenvalue weighted by molar-refractivity contribution is 0.0922. The fraction of sp³-hybridized carbons (Fsp3) is 0.0370. The zero-order valence-electron chi connectivity index (χ0n) is 18.9. The second-order valence-corrected chi connectivity index (χ2v) is 9.19. The normalized spacial score (nSPS) is 12.4. The minimum atomic E-state index is -0.417. The van der Waals surface area contributed by atoms with Crippen molar-refractivity contribution in [2.75, 3.05) is 17.3 Å². The van der Waals surface area contributed by atoms with Crippen LogP contribution in [0.15, 0.2) is 83.3 Å². The molecule has 1 aliphatic rings. The predicted molar refractivity (Wildman–Crippen MR) is 146 cm³/mol. The Morgan fingerprint density at radius 3 is 2.25 bits per heavy atom. The standard InChI is InChI=1S/C27H18BrN3O4S/c1-35-23-14-15(12-13-22(23)31-25(33)19-6-2-3-7-20(19)26(31)34)29-27(36)30-24(32)18-10-4-9-17-16(18)8-5-11-21(17)28/h2-14H,1H3,(H2,29,30,32,36). The van der Waals surface area contributed by atoms with Gasteiger partial charge in [-0.25, -0.2) is 4.90 Å². The van der Waals surface area contributed by atoms with Gasteiger partial charge in [-0.05, 0) is 59.4 Å². The summed E-state index contributed by atoms with van der Waals surface area (Å²) in [4.78, 5) is 39.8. The molecule has 36 heavy (non-hydrogen) atoms. The summed E-state index contributed by atoms with van der Waals surface area (Å²) in [6.07, 6.45) is 0. The summed E-state index contributed by atoms with van der Waals surface area (Å²) in [5.41, 5.74) is 1.99. The Kier molecular flexibility index (Phi) is 6.26. The van der Waals surface area contributed by atoms with Crippen molar-refractivity contribution < 1.29 is 19.1 Å². The molecular formula is C27H18BrN3O4S. The highest BCUT2D eigenvalue weighted by Gasteiger charge is 2.37. The number of imide groups is 1. The van der Waals surface area contributed by atoms with Crippen molar-refractivity contribution in [1.82, 2.24) is 5.32 Å². The largest absolute Gasteiger partial charge is 0.494 e. The van der Waals surface area contributed by atoms with Crippen LogP contribution < -0.4 is 20.3 Å². The van der Waals surface area contributed by atoms with E-state index in [1.165, 1.54) is 7.11 Å². The maximum absolute atomic E-state index is 12.9. The van der Waals surface area contributed by atoms with Crippen LogP contribution in [0.1, 0.15) is 31.1 Å². The zero-order chi connectivity index (χ0) is 25.4. The first-order valence-corrected chi connectivity index (χ1v) is 12.0. The predicted octanol–water partition coefficient (Wildman–Crippen LogP) is 5.54. The SMILES string of the molecule is COc1cc(NC(=S)NC(=O)c2cccc3c(Br)cccc23)ccc1N1C(=O)c2ccccc2C1=O. The minimum Gasteiger partial charge on any atom is -0.494 e. The molecule has 0 fully saturated rings. The number of rotatable bonds is 4. The Balaban J connectivity index is 1.35. The zero-order valence-corrected chi connectivity index (χ0v) is 21.3. The molecule has 1 heterocycles. The molecule has 0 spiro atoms. The van der Waals surface area contributed by atoms with Crippen LogP contribution >= 0.6 is 28.1 Å². The second-order valence-electron chi connectivity index (χ2n) is 7.93. The maximum atomic E-state index is 12.9. The van der Waals surface area contributed by atoms with Crippen molar-refractivity contribution >= 4 is 73.1 Å². The Morgan fingerprint density at radius 1 is 0.889 bits per heavy atom. The number of ether oxygens (including phenoxy) is 1. The number of benzene rings is 4. The minimum absolute atomic E-state index is 0.0857. The smallest absolute Gasteiger partial charge is 0.266 e. The van der Waals surface area contributed by atoms with Crippen molar-refractivity contribution in [3.63, 3.8) is 0 Å². The van der Waals surface area contributed by atoms with Gasteiger partial charge >= 0.3 is 0 Å². The van der Waals surface area contributed by atoms with Gasteiger partial charge < -0.3 is 10.1 Å². The number of thiocarbonyl (C=S) groups is 1. The molecule has 2 N–H and O–H groups in total. The number of hydrogen-bond acceptors (Lipinski definition) is 5. The van der Waals surface area contributed by atoms with Gasteiger partial charge in [-0.2, -0.15) is 0 Å². The molecule has 0 saturated carbocycles. The monoisotopic (exact) mass is 559 g/mol. The fourth-order valence-electron chi connectivity index (χ4n) is 4.15. The van der Waals surface area contributed by atoms with Gasteiger partial charge in [-0.3, -0.25) is 19.7 Å². The average Bonchev–Trinajstić information content (AvgIpc) is 3.13. The number of hydrogen-bond donors (Lipinski definition) is 2. The Labute approximate surface area is 220 Å². The van der Waals surface area contributed by atoms with E-state index in [2.05, 4.69) is 26.6 Å². The van der Waals surface area contributed by atoms with Gasteiger partial charge in [0.15, 0.2) is 5.11 Å². The van der Waals surface area contributed by atoms with E-state index < -0.39 is 11.8 Å². The van der Waals surface area contributed by atoms with Crippen molar-refractivity contribution in [3.05, 3.63) is 100 Å². The molecule has 0 bridgehead atoms. The molecule has 0 radical (unpaired) electrons. The third-order valence-corrected chi connectivity index (χ3v) is 6.71. The number of nitrogens with one attached hydrogen (secondary N) is 2. The third kappa shape index (κ3) is 4.12. The van der Waals surface area contributed by atoms with Crippen LogP contribution in [-0.2, 0) is 0 Å². The number of fused-ring (bicyclic) bond motifs is 2. The van der Waals surface area contributed by atoms with Crippen LogP contribution in [0.25, 0.3) is 10.8 Å². The summed E-state index contributed by atoms with van der Waals surface area (Å²) in [5, 5.41) is 7.44. The quantitative estimate of drug-likeness (QED) is 0.252. The average molecular weight is 560 g/mol. The molecule has 4 aromatic carbocycles. The first-order chi connectivity index (χ1) is 17.4. The number of amides is 3. The first kappa shape index (κ1) is 23.7. The number of carbonyl (C=O) groups excluding carboxylic acids is 3. The summed E-state index contributed by atoms with van der Waals surface area (Å²) in [6, 6.07) is 22.6. The third-order valence-electron chi connectivity index (χ3n) is 5.81. The molecule has 1 aliphatic heterocycles. The van der Waals surface area contributed by atoms with E-state index in [0.29, 0.717) is 33.8 Å². The van der Waals surface area contributed by atoms with Gasteiger partial charge in [0.05, 0.1) is 23.9 Å². The number of carbonyl (C=O) groups is 3. The van der Waals surface area contributed by atoms with Crippen LogP contribution in [0.4, 0.5) is 11.4 Å². The molecule has 3 amide bonds. The van der Waals surface area contributed by atoms with Crippen LogP contribution in [0.5, 0.6) is 5.75 Å². The lowest BCUT2D eigenvalue weighted by Gasteiger charge is -2.19. The summed E-state index contributed by atoms with van der Waals surface area (Å²) in [6.45, 7) is 0. The number of anilines is 2. The Hall–Kier alpha value is -4.08. The molecule has 0 aromatic heterocycles. The van der Waals surface area contributed by atoms with Gasteiger partial charge in [-0.1, -0.05) is 52.3 Å². The molecule has 0 saturated heterocycles. The maximum Gasteiger partial charge on any atom is 0.266 e. The van der Waals surface area contributed by atoms with Crippen LogP contribution in [0.3, 0.4) is 0 Å². The van der Waals surface area contributed by atoms with Crippen molar-refractivity contribution in [2.45, 2.75) is 0 Å². The first-order valence-electron chi connectivity index (χ1n) is 10.8. The van der Waals surface area contributed by atoms with Gasteiger partial charge in [-0.15, -0.1) is 0 Å². The van der Waals surface area contributed by atoms with E-state index in [0.717, 1.165) is 20.1 Å². The molecule has 0 atom stereocenters. The lowest BCUT2D eigenvalue weighted by Crippen LogP contribution is -2.34. The number of halogens is 1. The molecule has 178 valence electrons. The van der Waals surface area contributed by atoms with E-state index in [9.17, 15) is 14.4 Å². The molecule has 0 aliphatic carbocycles.